The first-order chi connectivity index (χ1) is 13.5. The number of carbonyl (C=O) groups is 2. The lowest BCUT2D eigenvalue weighted by molar-refractivity contribution is -0.132. The van der Waals surface area contributed by atoms with Gasteiger partial charge in [0.1, 0.15) is 11.9 Å². The van der Waals surface area contributed by atoms with Crippen molar-refractivity contribution in [3.05, 3.63) is 59.9 Å². The second-order valence-electron chi connectivity index (χ2n) is 7.42. The minimum absolute atomic E-state index is 0.0175. The van der Waals surface area contributed by atoms with Gasteiger partial charge in [-0.1, -0.05) is 18.2 Å². The van der Waals surface area contributed by atoms with E-state index in [4.69, 9.17) is 0 Å². The fourth-order valence-corrected chi connectivity index (χ4v) is 3.97. The van der Waals surface area contributed by atoms with E-state index in [1.54, 1.807) is 23.9 Å². The van der Waals surface area contributed by atoms with Crippen molar-refractivity contribution in [1.82, 2.24) is 19.4 Å². The number of likely N-dealkylation sites (tertiary alicyclic amines) is 1. The number of amides is 2. The van der Waals surface area contributed by atoms with Crippen molar-refractivity contribution < 1.29 is 9.59 Å². The number of nitrogens with zero attached hydrogens (tertiary/aromatic N) is 4. The van der Waals surface area contributed by atoms with Crippen LogP contribution in [0.15, 0.2) is 48.5 Å². The zero-order valence-corrected chi connectivity index (χ0v) is 16.4. The number of hydrogen-bond donors (Lipinski definition) is 0. The molecule has 6 nitrogen and oxygen atoms in total. The molecular weight excluding hydrogens is 352 g/mol. The van der Waals surface area contributed by atoms with E-state index < -0.39 is 0 Å². The monoisotopic (exact) mass is 376 g/mol. The van der Waals surface area contributed by atoms with Crippen molar-refractivity contribution in [2.75, 3.05) is 20.6 Å². The highest BCUT2D eigenvalue weighted by atomic mass is 16.2. The number of para-hydroxylation sites is 1. The predicted molar refractivity (Wildman–Crippen MR) is 109 cm³/mol. The van der Waals surface area contributed by atoms with Gasteiger partial charge in [0.15, 0.2) is 0 Å². The van der Waals surface area contributed by atoms with Crippen molar-refractivity contribution in [3.8, 4) is 5.69 Å². The van der Waals surface area contributed by atoms with Crippen LogP contribution in [0.2, 0.25) is 0 Å². The SMILES string of the molecule is Cc1nc2cc(C(=O)N3CCCC3C(=O)N(C)C)ccc2n1-c1ccccc1. The fraction of sp³-hybridized carbons (Fsp3) is 0.318. The summed E-state index contributed by atoms with van der Waals surface area (Å²) >= 11 is 0. The van der Waals surface area contributed by atoms with Gasteiger partial charge in [-0.3, -0.25) is 14.2 Å². The molecule has 2 heterocycles. The number of hydrogen-bond acceptors (Lipinski definition) is 3. The summed E-state index contributed by atoms with van der Waals surface area (Å²) in [5.74, 6) is 0.746. The average molecular weight is 376 g/mol. The van der Waals surface area contributed by atoms with E-state index in [0.29, 0.717) is 18.5 Å². The molecule has 1 atom stereocenters. The van der Waals surface area contributed by atoms with E-state index in [-0.39, 0.29) is 17.9 Å². The van der Waals surface area contributed by atoms with E-state index in [2.05, 4.69) is 9.55 Å². The normalized spacial score (nSPS) is 16.5. The Labute approximate surface area is 164 Å². The number of rotatable bonds is 3. The lowest BCUT2D eigenvalue weighted by Gasteiger charge is -2.26. The van der Waals surface area contributed by atoms with Crippen LogP contribution in [-0.2, 0) is 4.79 Å². The molecule has 28 heavy (non-hydrogen) atoms. The zero-order chi connectivity index (χ0) is 19.8. The molecule has 2 amide bonds. The summed E-state index contributed by atoms with van der Waals surface area (Å²) in [6.45, 7) is 2.57. The van der Waals surface area contributed by atoms with Crippen LogP contribution >= 0.6 is 0 Å². The molecule has 0 saturated carbocycles. The maximum atomic E-state index is 13.1. The smallest absolute Gasteiger partial charge is 0.254 e. The highest BCUT2D eigenvalue weighted by molar-refractivity contribution is 6.00. The lowest BCUT2D eigenvalue weighted by atomic mass is 10.1. The Morgan fingerprint density at radius 2 is 1.86 bits per heavy atom. The van der Waals surface area contributed by atoms with Crippen LogP contribution in [0.3, 0.4) is 0 Å². The summed E-state index contributed by atoms with van der Waals surface area (Å²) in [4.78, 5) is 33.5. The molecule has 0 spiro atoms. The Morgan fingerprint density at radius 1 is 1.11 bits per heavy atom. The van der Waals surface area contributed by atoms with Gasteiger partial charge in [-0.2, -0.15) is 0 Å². The standard InChI is InChI=1S/C22H24N4O2/c1-15-23-18-14-16(11-12-19(18)26(15)17-8-5-4-6-9-17)21(27)25-13-7-10-20(25)22(28)24(2)3/h4-6,8-9,11-12,14,20H,7,10,13H2,1-3H3. The van der Waals surface area contributed by atoms with Crippen LogP contribution in [0.5, 0.6) is 0 Å². The summed E-state index contributed by atoms with van der Waals surface area (Å²) in [5, 5.41) is 0. The van der Waals surface area contributed by atoms with Gasteiger partial charge in [0, 0.05) is 31.9 Å². The minimum Gasteiger partial charge on any atom is -0.347 e. The third-order valence-corrected chi connectivity index (χ3v) is 5.32. The van der Waals surface area contributed by atoms with Crippen molar-refractivity contribution in [2.45, 2.75) is 25.8 Å². The maximum Gasteiger partial charge on any atom is 0.254 e. The number of imidazole rings is 1. The Morgan fingerprint density at radius 3 is 2.57 bits per heavy atom. The van der Waals surface area contributed by atoms with Gasteiger partial charge in [0.25, 0.3) is 5.91 Å². The third-order valence-electron chi connectivity index (χ3n) is 5.32. The van der Waals surface area contributed by atoms with Crippen molar-refractivity contribution in [2.24, 2.45) is 0 Å². The largest absolute Gasteiger partial charge is 0.347 e. The van der Waals surface area contributed by atoms with E-state index in [1.165, 1.54) is 0 Å². The molecule has 4 rings (SSSR count). The quantitative estimate of drug-likeness (QED) is 0.706. The first-order valence-electron chi connectivity index (χ1n) is 9.54. The van der Waals surface area contributed by atoms with Gasteiger partial charge < -0.3 is 9.80 Å². The molecule has 2 aromatic carbocycles. The molecule has 6 heteroatoms. The van der Waals surface area contributed by atoms with E-state index in [9.17, 15) is 9.59 Å². The van der Waals surface area contributed by atoms with Crippen molar-refractivity contribution in [1.29, 1.82) is 0 Å². The van der Waals surface area contributed by atoms with Crippen molar-refractivity contribution in [3.63, 3.8) is 0 Å². The van der Waals surface area contributed by atoms with Crippen LogP contribution in [-0.4, -0.2) is 57.8 Å². The minimum atomic E-state index is -0.373. The van der Waals surface area contributed by atoms with Crippen LogP contribution in [0.4, 0.5) is 0 Å². The molecular formula is C22H24N4O2. The van der Waals surface area contributed by atoms with Crippen LogP contribution in [0, 0.1) is 6.92 Å². The fourth-order valence-electron chi connectivity index (χ4n) is 3.97. The Balaban J connectivity index is 1.69. The maximum absolute atomic E-state index is 13.1. The van der Waals surface area contributed by atoms with E-state index >= 15 is 0 Å². The zero-order valence-electron chi connectivity index (χ0n) is 16.4. The van der Waals surface area contributed by atoms with E-state index in [0.717, 1.165) is 29.0 Å². The van der Waals surface area contributed by atoms with Crippen LogP contribution in [0.1, 0.15) is 29.0 Å². The molecule has 0 bridgehead atoms. The topological polar surface area (TPSA) is 58.4 Å². The molecule has 1 fully saturated rings. The van der Waals surface area contributed by atoms with Gasteiger partial charge >= 0.3 is 0 Å². The molecule has 144 valence electrons. The van der Waals surface area contributed by atoms with Gasteiger partial charge in [-0.15, -0.1) is 0 Å². The number of aryl methyl sites for hydroxylation is 1. The summed E-state index contributed by atoms with van der Waals surface area (Å²) in [5.41, 5.74) is 3.35. The van der Waals surface area contributed by atoms with Gasteiger partial charge in [0.05, 0.1) is 11.0 Å². The number of likely N-dealkylation sites (N-methyl/N-ethyl adjacent to an activating group) is 1. The van der Waals surface area contributed by atoms with E-state index in [1.807, 2.05) is 55.5 Å². The third kappa shape index (κ3) is 3.05. The number of fused-ring (bicyclic) bond motifs is 1. The molecule has 1 aliphatic heterocycles. The summed E-state index contributed by atoms with van der Waals surface area (Å²) in [6, 6.07) is 15.3. The number of carbonyl (C=O) groups excluding carboxylic acids is 2. The number of aromatic nitrogens is 2. The van der Waals surface area contributed by atoms with Crippen LogP contribution < -0.4 is 0 Å². The lowest BCUT2D eigenvalue weighted by Crippen LogP contribution is -2.45. The Kier molecular flexibility index (Phi) is 4.63. The molecule has 0 radical (unpaired) electrons. The second kappa shape index (κ2) is 7.11. The van der Waals surface area contributed by atoms with Crippen molar-refractivity contribution >= 4 is 22.8 Å². The van der Waals surface area contributed by atoms with Gasteiger partial charge in [-0.05, 0) is 50.1 Å². The molecule has 1 aliphatic rings. The molecule has 3 aromatic rings. The second-order valence-corrected chi connectivity index (χ2v) is 7.42. The predicted octanol–water partition coefficient (Wildman–Crippen LogP) is 3.03. The number of benzene rings is 2. The molecule has 0 N–H and O–H groups in total. The van der Waals surface area contributed by atoms with Crippen LogP contribution in [0.25, 0.3) is 16.7 Å². The molecule has 0 aliphatic carbocycles. The molecule has 1 unspecified atom stereocenters. The first-order valence-corrected chi connectivity index (χ1v) is 9.54. The molecule has 1 aromatic heterocycles. The summed E-state index contributed by atoms with van der Waals surface area (Å²) in [6.07, 6.45) is 1.56. The molecule has 1 saturated heterocycles. The highest BCUT2D eigenvalue weighted by Crippen LogP contribution is 2.25. The highest BCUT2D eigenvalue weighted by Gasteiger charge is 2.35. The van der Waals surface area contributed by atoms with Gasteiger partial charge in [0.2, 0.25) is 5.91 Å². The Bertz CT molecular complexity index is 1040. The Hall–Kier alpha value is -3.15. The summed E-state index contributed by atoms with van der Waals surface area (Å²) in [7, 11) is 3.46. The van der Waals surface area contributed by atoms with Gasteiger partial charge in [-0.25, -0.2) is 4.98 Å². The first kappa shape index (κ1) is 18.2. The summed E-state index contributed by atoms with van der Waals surface area (Å²) < 4.78 is 2.08. The average Bonchev–Trinajstić information content (AvgIpc) is 3.30.